The van der Waals surface area contributed by atoms with Crippen molar-refractivity contribution in [2.75, 3.05) is 14.2 Å². The normalized spacial score (nSPS) is 12.1. The third-order valence-electron chi connectivity index (χ3n) is 2.35. The van der Waals surface area contributed by atoms with Gasteiger partial charge in [-0.1, -0.05) is 11.6 Å². The highest BCUT2D eigenvalue weighted by molar-refractivity contribution is 6.31. The number of hydrogen-bond acceptors (Lipinski definition) is 4. The third-order valence-corrected chi connectivity index (χ3v) is 2.62. The maximum atomic E-state index is 13.5. The van der Waals surface area contributed by atoms with Crippen LogP contribution in [0.1, 0.15) is 17.2 Å². The van der Waals surface area contributed by atoms with Crippen LogP contribution in [0.4, 0.5) is 4.39 Å². The summed E-state index contributed by atoms with van der Waals surface area (Å²) in [6.45, 7) is 1.44. The molecule has 0 saturated heterocycles. The van der Waals surface area contributed by atoms with Crippen LogP contribution in [0.5, 0.6) is 5.75 Å². The summed E-state index contributed by atoms with van der Waals surface area (Å²) in [4.78, 5) is 11.2. The second-order valence-corrected chi connectivity index (χ2v) is 3.75. The lowest BCUT2D eigenvalue weighted by molar-refractivity contribution is -0.150. The van der Waals surface area contributed by atoms with Gasteiger partial charge in [0.1, 0.15) is 11.6 Å². The smallest absolute Gasteiger partial charge is 0.339 e. The van der Waals surface area contributed by atoms with Crippen LogP contribution in [0.2, 0.25) is 5.02 Å². The van der Waals surface area contributed by atoms with Crippen molar-refractivity contribution < 1.29 is 23.8 Å². The van der Waals surface area contributed by atoms with Gasteiger partial charge >= 0.3 is 5.97 Å². The molecule has 6 heteroatoms. The molecule has 1 aromatic rings. The second kappa shape index (κ2) is 5.33. The van der Waals surface area contributed by atoms with Crippen molar-refractivity contribution in [3.63, 3.8) is 0 Å². The SMILES string of the molecule is COC(=O)C(O)c1cc(Cl)c(F)c(C)c1OC. The van der Waals surface area contributed by atoms with Gasteiger partial charge in [-0.25, -0.2) is 9.18 Å². The Balaban J connectivity index is 3.37. The van der Waals surface area contributed by atoms with Gasteiger partial charge in [-0.2, -0.15) is 0 Å². The zero-order chi connectivity index (χ0) is 13.2. The molecule has 0 fully saturated rings. The van der Waals surface area contributed by atoms with Crippen LogP contribution in [0.15, 0.2) is 6.07 Å². The number of halogens is 2. The van der Waals surface area contributed by atoms with Crippen LogP contribution in [-0.2, 0) is 9.53 Å². The molecule has 17 heavy (non-hydrogen) atoms. The highest BCUT2D eigenvalue weighted by Gasteiger charge is 2.25. The third kappa shape index (κ3) is 2.50. The maximum Gasteiger partial charge on any atom is 0.339 e. The highest BCUT2D eigenvalue weighted by atomic mass is 35.5. The molecule has 1 N–H and O–H groups in total. The number of aliphatic hydroxyl groups excluding tert-OH is 1. The van der Waals surface area contributed by atoms with Crippen LogP contribution in [0.25, 0.3) is 0 Å². The molecule has 0 spiro atoms. The average Bonchev–Trinajstić information content (AvgIpc) is 2.33. The maximum absolute atomic E-state index is 13.5. The van der Waals surface area contributed by atoms with Crippen molar-refractivity contribution >= 4 is 17.6 Å². The first-order chi connectivity index (χ1) is 7.93. The molecule has 0 aliphatic heterocycles. The van der Waals surface area contributed by atoms with E-state index in [2.05, 4.69) is 4.74 Å². The molecule has 1 atom stereocenters. The van der Waals surface area contributed by atoms with E-state index in [-0.39, 0.29) is 21.9 Å². The van der Waals surface area contributed by atoms with Gasteiger partial charge < -0.3 is 14.6 Å². The van der Waals surface area contributed by atoms with Gasteiger partial charge in [-0.3, -0.25) is 0 Å². The standard InChI is InChI=1S/C11H12ClFO4/c1-5-8(13)7(12)4-6(10(5)16-2)9(14)11(15)17-3/h4,9,14H,1-3H3. The minimum Gasteiger partial charge on any atom is -0.496 e. The zero-order valence-electron chi connectivity index (χ0n) is 9.58. The van der Waals surface area contributed by atoms with Crippen molar-refractivity contribution in [1.82, 2.24) is 0 Å². The Kier molecular flexibility index (Phi) is 4.31. The molecule has 4 nitrogen and oxygen atoms in total. The zero-order valence-corrected chi connectivity index (χ0v) is 10.3. The quantitative estimate of drug-likeness (QED) is 0.847. The van der Waals surface area contributed by atoms with E-state index >= 15 is 0 Å². The summed E-state index contributed by atoms with van der Waals surface area (Å²) in [5.41, 5.74) is 0.196. The molecule has 1 rings (SSSR count). The second-order valence-electron chi connectivity index (χ2n) is 3.35. The minimum atomic E-state index is -1.56. The van der Waals surface area contributed by atoms with E-state index in [1.165, 1.54) is 14.0 Å². The largest absolute Gasteiger partial charge is 0.496 e. The molecular weight excluding hydrogens is 251 g/mol. The Hall–Kier alpha value is -1.33. The predicted molar refractivity (Wildman–Crippen MR) is 59.7 cm³/mol. The number of esters is 1. The molecule has 0 bridgehead atoms. The number of benzene rings is 1. The number of aliphatic hydroxyl groups is 1. The molecule has 1 aromatic carbocycles. The average molecular weight is 263 g/mol. The van der Waals surface area contributed by atoms with Crippen LogP contribution >= 0.6 is 11.6 Å². The summed E-state index contributed by atoms with van der Waals surface area (Å²) < 4.78 is 22.9. The first-order valence-corrected chi connectivity index (χ1v) is 5.10. The number of rotatable bonds is 3. The molecule has 1 unspecified atom stereocenters. The van der Waals surface area contributed by atoms with Crippen LogP contribution in [0, 0.1) is 12.7 Å². The molecular formula is C11H12ClFO4. The van der Waals surface area contributed by atoms with E-state index < -0.39 is 17.9 Å². The number of methoxy groups -OCH3 is 2. The molecule has 0 saturated carbocycles. The van der Waals surface area contributed by atoms with E-state index in [4.69, 9.17) is 16.3 Å². The Morgan fingerprint density at radius 3 is 2.59 bits per heavy atom. The Bertz CT molecular complexity index is 448. The molecule has 0 aliphatic carbocycles. The fraction of sp³-hybridized carbons (Fsp3) is 0.364. The lowest BCUT2D eigenvalue weighted by Gasteiger charge is -2.16. The van der Waals surface area contributed by atoms with E-state index in [1.54, 1.807) is 0 Å². The predicted octanol–water partition coefficient (Wildman–Crippen LogP) is 2.00. The van der Waals surface area contributed by atoms with Crippen LogP contribution < -0.4 is 4.74 Å². The first-order valence-electron chi connectivity index (χ1n) is 4.72. The van der Waals surface area contributed by atoms with Crippen molar-refractivity contribution in [3.8, 4) is 5.75 Å². The Labute approximate surface area is 103 Å². The minimum absolute atomic E-state index is 0.0725. The van der Waals surface area contributed by atoms with Crippen molar-refractivity contribution in [2.45, 2.75) is 13.0 Å². The van der Waals surface area contributed by atoms with Gasteiger partial charge in [-0.05, 0) is 13.0 Å². The van der Waals surface area contributed by atoms with Crippen LogP contribution in [-0.4, -0.2) is 25.3 Å². The molecule has 0 aliphatic rings. The monoisotopic (exact) mass is 262 g/mol. The topological polar surface area (TPSA) is 55.8 Å². The van der Waals surface area contributed by atoms with Crippen LogP contribution in [0.3, 0.4) is 0 Å². The van der Waals surface area contributed by atoms with E-state index in [1.807, 2.05) is 0 Å². The fourth-order valence-electron chi connectivity index (χ4n) is 1.47. The molecule has 0 radical (unpaired) electrons. The van der Waals surface area contributed by atoms with E-state index in [9.17, 15) is 14.3 Å². The van der Waals surface area contributed by atoms with E-state index in [0.29, 0.717) is 0 Å². The van der Waals surface area contributed by atoms with E-state index in [0.717, 1.165) is 13.2 Å². The van der Waals surface area contributed by atoms with Gasteiger partial charge in [-0.15, -0.1) is 0 Å². The summed E-state index contributed by atoms with van der Waals surface area (Å²) >= 11 is 5.65. The van der Waals surface area contributed by atoms with Gasteiger partial charge in [0.15, 0.2) is 6.10 Å². The van der Waals surface area contributed by atoms with Crippen molar-refractivity contribution in [1.29, 1.82) is 0 Å². The molecule has 0 aromatic heterocycles. The number of ether oxygens (including phenoxy) is 2. The Morgan fingerprint density at radius 1 is 1.53 bits per heavy atom. The fourth-order valence-corrected chi connectivity index (χ4v) is 1.73. The van der Waals surface area contributed by atoms with Crippen molar-refractivity contribution in [3.05, 3.63) is 28.0 Å². The molecule has 0 heterocycles. The summed E-state index contributed by atoms with van der Waals surface area (Å²) in [7, 11) is 2.44. The van der Waals surface area contributed by atoms with Gasteiger partial charge in [0.25, 0.3) is 0 Å². The lowest BCUT2D eigenvalue weighted by atomic mass is 10.0. The molecule has 0 amide bonds. The Morgan fingerprint density at radius 2 is 2.12 bits per heavy atom. The summed E-state index contributed by atoms with van der Waals surface area (Å²) in [6, 6.07) is 1.14. The first kappa shape index (κ1) is 13.7. The van der Waals surface area contributed by atoms with Gasteiger partial charge in [0.05, 0.1) is 19.2 Å². The van der Waals surface area contributed by atoms with Gasteiger partial charge in [0, 0.05) is 11.1 Å². The summed E-state index contributed by atoms with van der Waals surface area (Å²) in [6.07, 6.45) is -1.56. The summed E-state index contributed by atoms with van der Waals surface area (Å²) in [5.74, 6) is -1.44. The number of carbonyl (C=O) groups is 1. The summed E-state index contributed by atoms with van der Waals surface area (Å²) in [5, 5.41) is 9.51. The highest BCUT2D eigenvalue weighted by Crippen LogP contribution is 2.35. The van der Waals surface area contributed by atoms with Crippen molar-refractivity contribution in [2.24, 2.45) is 0 Å². The lowest BCUT2D eigenvalue weighted by Crippen LogP contribution is -2.15. The number of hydrogen-bond donors (Lipinski definition) is 1. The molecule has 94 valence electrons. The number of carbonyl (C=O) groups excluding carboxylic acids is 1. The van der Waals surface area contributed by atoms with Gasteiger partial charge in [0.2, 0.25) is 0 Å².